The topological polar surface area (TPSA) is 32.7 Å². The van der Waals surface area contributed by atoms with E-state index in [4.69, 9.17) is 4.74 Å². The van der Waals surface area contributed by atoms with Gasteiger partial charge in [0, 0.05) is 25.8 Å². The van der Waals surface area contributed by atoms with Gasteiger partial charge in [-0.1, -0.05) is 0 Å². The molecule has 0 bridgehead atoms. The maximum absolute atomic E-state index is 13.3. The van der Waals surface area contributed by atoms with Crippen molar-refractivity contribution in [3.8, 4) is 0 Å². The molecule has 0 fully saturated rings. The van der Waals surface area contributed by atoms with Crippen molar-refractivity contribution in [3.05, 3.63) is 35.4 Å². The van der Waals surface area contributed by atoms with Crippen LogP contribution in [0.5, 0.6) is 0 Å². The van der Waals surface area contributed by atoms with Crippen LogP contribution >= 0.6 is 0 Å². The fourth-order valence-electron chi connectivity index (χ4n) is 1.62. The zero-order chi connectivity index (χ0) is 12.8. The van der Waals surface area contributed by atoms with Gasteiger partial charge in [0.05, 0.1) is 12.7 Å². The van der Waals surface area contributed by atoms with Crippen molar-refractivity contribution >= 4 is 0 Å². The molecule has 5 heteroatoms. The third kappa shape index (κ3) is 4.77. The number of hydrogen-bond acceptors (Lipinski definition) is 3. The lowest BCUT2D eigenvalue weighted by Crippen LogP contribution is -2.31. The van der Waals surface area contributed by atoms with Gasteiger partial charge in [0.25, 0.3) is 0 Å². The Morgan fingerprint density at radius 2 is 2.12 bits per heavy atom. The lowest BCUT2D eigenvalue weighted by Gasteiger charge is -2.20. The molecule has 0 aliphatic carbocycles. The predicted octanol–water partition coefficient (Wildman–Crippen LogP) is 1.40. The van der Waals surface area contributed by atoms with E-state index >= 15 is 0 Å². The number of benzene rings is 1. The van der Waals surface area contributed by atoms with E-state index in [0.717, 1.165) is 18.2 Å². The molecule has 1 N–H and O–H groups in total. The van der Waals surface area contributed by atoms with Gasteiger partial charge in [-0.25, -0.2) is 8.78 Å². The number of aliphatic hydroxyl groups is 1. The van der Waals surface area contributed by atoms with Gasteiger partial charge >= 0.3 is 0 Å². The molecule has 0 aliphatic rings. The number of likely N-dealkylation sites (N-methyl/N-ethyl adjacent to an activating group) is 1. The van der Waals surface area contributed by atoms with Crippen molar-refractivity contribution in [1.29, 1.82) is 0 Å². The molecular weight excluding hydrogens is 228 g/mol. The number of ether oxygens (including phenoxy) is 1. The van der Waals surface area contributed by atoms with Gasteiger partial charge in [-0.15, -0.1) is 0 Å². The van der Waals surface area contributed by atoms with E-state index in [0.29, 0.717) is 6.54 Å². The summed E-state index contributed by atoms with van der Waals surface area (Å²) >= 11 is 0. The van der Waals surface area contributed by atoms with Crippen molar-refractivity contribution in [1.82, 2.24) is 4.90 Å². The van der Waals surface area contributed by atoms with Crippen LogP contribution in [0.1, 0.15) is 5.56 Å². The molecule has 0 heterocycles. The molecule has 17 heavy (non-hydrogen) atoms. The Bertz CT molecular complexity index is 360. The average molecular weight is 245 g/mol. The molecule has 3 nitrogen and oxygen atoms in total. The van der Waals surface area contributed by atoms with E-state index in [9.17, 15) is 13.9 Å². The Morgan fingerprint density at radius 1 is 1.41 bits per heavy atom. The van der Waals surface area contributed by atoms with Crippen molar-refractivity contribution in [2.45, 2.75) is 12.6 Å². The van der Waals surface area contributed by atoms with Gasteiger partial charge in [0.1, 0.15) is 11.6 Å². The van der Waals surface area contributed by atoms with Gasteiger partial charge < -0.3 is 9.84 Å². The van der Waals surface area contributed by atoms with Crippen LogP contribution in [0.3, 0.4) is 0 Å². The quantitative estimate of drug-likeness (QED) is 0.822. The number of hydrogen-bond donors (Lipinski definition) is 1. The first kappa shape index (κ1) is 14.0. The van der Waals surface area contributed by atoms with E-state index in [1.165, 1.54) is 7.11 Å². The summed E-state index contributed by atoms with van der Waals surface area (Å²) in [6, 6.07) is 3.34. The molecule has 0 saturated carbocycles. The van der Waals surface area contributed by atoms with E-state index in [-0.39, 0.29) is 18.7 Å². The first-order chi connectivity index (χ1) is 8.02. The summed E-state index contributed by atoms with van der Waals surface area (Å²) in [5.74, 6) is -0.910. The van der Waals surface area contributed by atoms with Crippen molar-refractivity contribution < 1.29 is 18.6 Å². The average Bonchev–Trinajstić information content (AvgIpc) is 2.23. The highest BCUT2D eigenvalue weighted by atomic mass is 19.1. The highest BCUT2D eigenvalue weighted by Gasteiger charge is 2.11. The fraction of sp³-hybridized carbons (Fsp3) is 0.500. The fourth-order valence-corrected chi connectivity index (χ4v) is 1.62. The summed E-state index contributed by atoms with van der Waals surface area (Å²) in [7, 11) is 3.22. The maximum Gasteiger partial charge on any atom is 0.127 e. The van der Waals surface area contributed by atoms with E-state index in [1.807, 2.05) is 0 Å². The second-order valence-corrected chi connectivity index (χ2v) is 4.04. The van der Waals surface area contributed by atoms with Crippen LogP contribution in [0.15, 0.2) is 18.2 Å². The Labute approximate surface area is 99.6 Å². The van der Waals surface area contributed by atoms with Crippen LogP contribution in [0.25, 0.3) is 0 Å². The summed E-state index contributed by atoms with van der Waals surface area (Å²) < 4.78 is 31.0. The Hall–Kier alpha value is -1.04. The molecule has 1 aromatic carbocycles. The van der Waals surface area contributed by atoms with Gasteiger partial charge in [0.15, 0.2) is 0 Å². The minimum atomic E-state index is -0.637. The zero-order valence-corrected chi connectivity index (χ0v) is 9.99. The zero-order valence-electron chi connectivity index (χ0n) is 9.99. The Balaban J connectivity index is 2.55. The number of rotatable bonds is 6. The first-order valence-electron chi connectivity index (χ1n) is 5.32. The van der Waals surface area contributed by atoms with E-state index in [1.54, 1.807) is 11.9 Å². The van der Waals surface area contributed by atoms with Gasteiger partial charge in [-0.2, -0.15) is 0 Å². The Morgan fingerprint density at radius 3 is 2.76 bits per heavy atom. The molecule has 0 aliphatic heterocycles. The summed E-state index contributed by atoms with van der Waals surface area (Å²) in [6.45, 7) is 0.796. The number of nitrogens with zero attached hydrogens (tertiary/aromatic N) is 1. The van der Waals surface area contributed by atoms with Crippen LogP contribution in [-0.2, 0) is 11.3 Å². The van der Waals surface area contributed by atoms with Crippen LogP contribution in [0.2, 0.25) is 0 Å². The second kappa shape index (κ2) is 6.64. The largest absolute Gasteiger partial charge is 0.389 e. The molecular formula is C12H17F2NO2. The molecule has 1 unspecified atom stereocenters. The van der Waals surface area contributed by atoms with Crippen LogP contribution in [0.4, 0.5) is 8.78 Å². The number of methoxy groups -OCH3 is 1. The van der Waals surface area contributed by atoms with Gasteiger partial charge in [-0.3, -0.25) is 4.90 Å². The van der Waals surface area contributed by atoms with Gasteiger partial charge in [0.2, 0.25) is 0 Å². The van der Waals surface area contributed by atoms with Crippen LogP contribution in [-0.4, -0.2) is 43.4 Å². The minimum Gasteiger partial charge on any atom is -0.389 e. The molecule has 1 rings (SSSR count). The molecule has 1 atom stereocenters. The number of halogens is 2. The molecule has 0 spiro atoms. The summed E-state index contributed by atoms with van der Waals surface area (Å²) in [4.78, 5) is 1.71. The normalized spacial score (nSPS) is 13.1. The number of aliphatic hydroxyl groups excluding tert-OH is 1. The third-order valence-electron chi connectivity index (χ3n) is 2.33. The lowest BCUT2D eigenvalue weighted by atomic mass is 10.2. The van der Waals surface area contributed by atoms with Gasteiger partial charge in [-0.05, 0) is 25.2 Å². The van der Waals surface area contributed by atoms with Crippen molar-refractivity contribution in [2.24, 2.45) is 0 Å². The minimum absolute atomic E-state index is 0.218. The monoisotopic (exact) mass is 245 g/mol. The SMILES string of the molecule is COCC(O)CN(C)Cc1cc(F)ccc1F. The summed E-state index contributed by atoms with van der Waals surface area (Å²) in [5, 5.41) is 9.49. The van der Waals surface area contributed by atoms with E-state index < -0.39 is 17.7 Å². The predicted molar refractivity (Wildman–Crippen MR) is 60.6 cm³/mol. The highest BCUT2D eigenvalue weighted by molar-refractivity contribution is 5.18. The van der Waals surface area contributed by atoms with Crippen LogP contribution < -0.4 is 0 Å². The molecule has 1 aromatic rings. The summed E-state index contributed by atoms with van der Waals surface area (Å²) in [5.41, 5.74) is 0.275. The van der Waals surface area contributed by atoms with Crippen molar-refractivity contribution in [3.63, 3.8) is 0 Å². The Kier molecular flexibility index (Phi) is 5.47. The smallest absolute Gasteiger partial charge is 0.127 e. The second-order valence-electron chi connectivity index (χ2n) is 4.04. The van der Waals surface area contributed by atoms with Crippen molar-refractivity contribution in [2.75, 3.05) is 27.3 Å². The molecule has 0 saturated heterocycles. The third-order valence-corrected chi connectivity index (χ3v) is 2.33. The molecule has 96 valence electrons. The molecule has 0 aromatic heterocycles. The van der Waals surface area contributed by atoms with E-state index in [2.05, 4.69) is 0 Å². The standard InChI is InChI=1S/C12H17F2NO2/c1-15(7-11(16)8-17-2)6-9-5-10(13)3-4-12(9)14/h3-5,11,16H,6-8H2,1-2H3. The lowest BCUT2D eigenvalue weighted by molar-refractivity contribution is 0.0417. The summed E-state index contributed by atoms with van der Waals surface area (Å²) in [6.07, 6.45) is -0.637. The molecule has 0 amide bonds. The molecule has 0 radical (unpaired) electrons. The van der Waals surface area contributed by atoms with Crippen LogP contribution in [0, 0.1) is 11.6 Å². The highest BCUT2D eigenvalue weighted by Crippen LogP contribution is 2.11. The maximum atomic E-state index is 13.3. The first-order valence-corrected chi connectivity index (χ1v) is 5.32.